The molecule has 0 unspecified atom stereocenters. The summed E-state index contributed by atoms with van der Waals surface area (Å²) in [6.07, 6.45) is 4.56. The Bertz CT molecular complexity index is 557. The fraction of sp³-hybridized carbons (Fsp3) is 0.812. The van der Waals surface area contributed by atoms with Crippen LogP contribution in [0.3, 0.4) is 0 Å². The molecule has 1 spiro atoms. The van der Waals surface area contributed by atoms with Crippen LogP contribution in [0.5, 0.6) is 5.19 Å². The number of piperidine rings is 2. The Morgan fingerprint density at radius 1 is 1.29 bits per heavy atom. The fourth-order valence-corrected chi connectivity index (χ4v) is 4.43. The molecule has 1 aromatic heterocycles. The van der Waals surface area contributed by atoms with Crippen LogP contribution in [-0.2, 0) is 11.3 Å². The molecule has 1 aromatic rings. The van der Waals surface area contributed by atoms with Gasteiger partial charge in [0.1, 0.15) is 5.01 Å². The zero-order valence-electron chi connectivity index (χ0n) is 14.2. The van der Waals surface area contributed by atoms with Crippen molar-refractivity contribution in [3.8, 4) is 5.19 Å². The molecule has 7 nitrogen and oxygen atoms in total. The number of hydrogen-bond donors (Lipinski definition) is 1. The van der Waals surface area contributed by atoms with Crippen molar-refractivity contribution in [2.24, 2.45) is 5.41 Å². The molecule has 0 aromatic carbocycles. The molecule has 0 atom stereocenters. The molecule has 2 aliphatic heterocycles. The normalized spacial score (nSPS) is 21.4. The number of aliphatic hydroxyl groups is 1. The maximum absolute atomic E-state index is 12.1. The zero-order valence-corrected chi connectivity index (χ0v) is 15.1. The number of carbonyl (C=O) groups excluding carboxylic acids is 1. The van der Waals surface area contributed by atoms with Gasteiger partial charge >= 0.3 is 0 Å². The number of nitrogens with zero attached hydrogens (tertiary/aromatic N) is 4. The van der Waals surface area contributed by atoms with Gasteiger partial charge in [0.2, 0.25) is 5.91 Å². The first kappa shape index (κ1) is 17.6. The van der Waals surface area contributed by atoms with Crippen LogP contribution < -0.4 is 4.74 Å². The summed E-state index contributed by atoms with van der Waals surface area (Å²) in [4.78, 5) is 16.5. The summed E-state index contributed by atoms with van der Waals surface area (Å²) in [5, 5.41) is 18.8. The highest BCUT2D eigenvalue weighted by atomic mass is 32.1. The lowest BCUT2D eigenvalue weighted by atomic mass is 9.72. The molecule has 24 heavy (non-hydrogen) atoms. The second kappa shape index (κ2) is 7.76. The number of likely N-dealkylation sites (tertiary alicyclic amines) is 2. The van der Waals surface area contributed by atoms with Gasteiger partial charge in [-0.2, -0.15) is 0 Å². The van der Waals surface area contributed by atoms with Crippen LogP contribution in [0, 0.1) is 5.41 Å². The molecule has 1 amide bonds. The molecule has 1 N–H and O–H groups in total. The van der Waals surface area contributed by atoms with E-state index in [1.165, 1.54) is 11.3 Å². The maximum Gasteiger partial charge on any atom is 0.293 e. The van der Waals surface area contributed by atoms with Gasteiger partial charge in [-0.3, -0.25) is 9.69 Å². The Morgan fingerprint density at radius 2 is 2.08 bits per heavy atom. The predicted octanol–water partition coefficient (Wildman–Crippen LogP) is 1.13. The molecular weight excluding hydrogens is 328 g/mol. The standard InChI is InChI=1S/C16H26N4O3S/c1-23-15-18-17-13(24-15)11-19-8-5-16(6-9-19)4-3-14(22)20(12-16)7-2-10-21/h21H,2-12H2,1H3. The van der Waals surface area contributed by atoms with Gasteiger partial charge in [-0.05, 0) is 44.2 Å². The number of aliphatic hydroxyl groups excluding tert-OH is 1. The van der Waals surface area contributed by atoms with Crippen molar-refractivity contribution in [2.75, 3.05) is 39.9 Å². The number of hydrogen-bond acceptors (Lipinski definition) is 7. The smallest absolute Gasteiger partial charge is 0.293 e. The number of carbonyl (C=O) groups is 1. The molecule has 3 heterocycles. The second-order valence-corrected chi connectivity index (χ2v) is 7.86. The molecule has 8 heteroatoms. The van der Waals surface area contributed by atoms with E-state index in [1.807, 2.05) is 4.90 Å². The number of amides is 1. The van der Waals surface area contributed by atoms with E-state index in [-0.39, 0.29) is 17.9 Å². The van der Waals surface area contributed by atoms with Gasteiger partial charge in [-0.25, -0.2) is 0 Å². The summed E-state index contributed by atoms with van der Waals surface area (Å²) < 4.78 is 5.10. The Hall–Kier alpha value is -1.25. The summed E-state index contributed by atoms with van der Waals surface area (Å²) in [5.41, 5.74) is 0.263. The Balaban J connectivity index is 1.52. The van der Waals surface area contributed by atoms with E-state index < -0.39 is 0 Å². The molecule has 2 saturated heterocycles. The highest BCUT2D eigenvalue weighted by Gasteiger charge is 2.40. The molecular formula is C16H26N4O3S. The number of rotatable bonds is 6. The molecule has 0 radical (unpaired) electrons. The third-order valence-corrected chi connectivity index (χ3v) is 6.10. The Morgan fingerprint density at radius 3 is 2.75 bits per heavy atom. The topological polar surface area (TPSA) is 78.8 Å². The SMILES string of the molecule is COc1nnc(CN2CCC3(CCC(=O)N(CCCO)C3)CC2)s1. The van der Waals surface area contributed by atoms with Crippen LogP contribution in [0.25, 0.3) is 0 Å². The highest BCUT2D eigenvalue weighted by molar-refractivity contribution is 7.13. The lowest BCUT2D eigenvalue weighted by Gasteiger charge is -2.47. The van der Waals surface area contributed by atoms with Crippen molar-refractivity contribution in [3.63, 3.8) is 0 Å². The van der Waals surface area contributed by atoms with Crippen molar-refractivity contribution in [2.45, 2.75) is 38.6 Å². The minimum atomic E-state index is 0.149. The third-order valence-electron chi connectivity index (χ3n) is 5.23. The van der Waals surface area contributed by atoms with Gasteiger partial charge in [0.15, 0.2) is 0 Å². The van der Waals surface area contributed by atoms with Crippen LogP contribution in [0.4, 0.5) is 0 Å². The first-order chi connectivity index (χ1) is 11.6. The summed E-state index contributed by atoms with van der Waals surface area (Å²) in [6.45, 7) is 4.58. The van der Waals surface area contributed by atoms with Gasteiger partial charge in [0, 0.05) is 26.1 Å². The van der Waals surface area contributed by atoms with E-state index in [0.717, 1.165) is 50.4 Å². The molecule has 0 bridgehead atoms. The van der Waals surface area contributed by atoms with Crippen molar-refractivity contribution >= 4 is 17.2 Å². The fourth-order valence-electron chi connectivity index (χ4n) is 3.74. The van der Waals surface area contributed by atoms with Crippen molar-refractivity contribution in [3.05, 3.63) is 5.01 Å². The molecule has 0 saturated carbocycles. The van der Waals surface area contributed by atoms with Crippen LogP contribution in [-0.4, -0.2) is 70.9 Å². The first-order valence-electron chi connectivity index (χ1n) is 8.61. The number of methoxy groups -OCH3 is 1. The number of aromatic nitrogens is 2. The summed E-state index contributed by atoms with van der Waals surface area (Å²) >= 11 is 1.50. The van der Waals surface area contributed by atoms with Gasteiger partial charge in [-0.1, -0.05) is 11.3 Å². The van der Waals surface area contributed by atoms with E-state index in [9.17, 15) is 4.79 Å². The van der Waals surface area contributed by atoms with E-state index in [4.69, 9.17) is 9.84 Å². The van der Waals surface area contributed by atoms with E-state index in [1.54, 1.807) is 7.11 Å². The van der Waals surface area contributed by atoms with Crippen molar-refractivity contribution < 1.29 is 14.6 Å². The van der Waals surface area contributed by atoms with Crippen LogP contribution in [0.2, 0.25) is 0 Å². The van der Waals surface area contributed by atoms with Crippen LogP contribution >= 0.6 is 11.3 Å². The van der Waals surface area contributed by atoms with Gasteiger partial charge in [0.25, 0.3) is 5.19 Å². The Kier molecular flexibility index (Phi) is 5.68. The first-order valence-corrected chi connectivity index (χ1v) is 9.43. The predicted molar refractivity (Wildman–Crippen MR) is 90.9 cm³/mol. The quantitative estimate of drug-likeness (QED) is 0.825. The van der Waals surface area contributed by atoms with Crippen molar-refractivity contribution in [1.29, 1.82) is 0 Å². The second-order valence-electron chi connectivity index (χ2n) is 6.83. The minimum absolute atomic E-state index is 0.149. The van der Waals surface area contributed by atoms with Crippen LogP contribution in [0.15, 0.2) is 0 Å². The van der Waals surface area contributed by atoms with Gasteiger partial charge < -0.3 is 14.7 Å². The van der Waals surface area contributed by atoms with Crippen molar-refractivity contribution in [1.82, 2.24) is 20.0 Å². The average molecular weight is 354 g/mol. The van der Waals surface area contributed by atoms with Gasteiger partial charge in [0.05, 0.1) is 13.7 Å². The summed E-state index contributed by atoms with van der Waals surface area (Å²) in [5.74, 6) is 0.248. The monoisotopic (exact) mass is 354 g/mol. The summed E-state index contributed by atoms with van der Waals surface area (Å²) in [6, 6.07) is 0. The zero-order chi connectivity index (χ0) is 17.0. The largest absolute Gasteiger partial charge is 0.472 e. The lowest BCUT2D eigenvalue weighted by molar-refractivity contribution is -0.139. The van der Waals surface area contributed by atoms with Gasteiger partial charge in [-0.15, -0.1) is 10.2 Å². The summed E-state index contributed by atoms with van der Waals surface area (Å²) in [7, 11) is 1.61. The minimum Gasteiger partial charge on any atom is -0.472 e. The highest BCUT2D eigenvalue weighted by Crippen LogP contribution is 2.40. The van der Waals surface area contributed by atoms with E-state index in [2.05, 4.69) is 15.1 Å². The molecule has 0 aliphatic carbocycles. The third kappa shape index (κ3) is 4.04. The molecule has 2 aliphatic rings. The average Bonchev–Trinajstić information content (AvgIpc) is 3.06. The molecule has 134 valence electrons. The maximum atomic E-state index is 12.1. The lowest BCUT2D eigenvalue weighted by Crippen LogP contribution is -2.51. The van der Waals surface area contributed by atoms with E-state index in [0.29, 0.717) is 24.6 Å². The van der Waals surface area contributed by atoms with Crippen LogP contribution in [0.1, 0.15) is 37.1 Å². The molecule has 2 fully saturated rings. The Labute approximate surface area is 146 Å². The molecule has 3 rings (SSSR count). The van der Waals surface area contributed by atoms with E-state index >= 15 is 0 Å². The number of ether oxygens (including phenoxy) is 1.